The second-order valence-corrected chi connectivity index (χ2v) is 6.02. The molecule has 134 valence electrons. The number of aryl methyl sites for hydroxylation is 3. The summed E-state index contributed by atoms with van der Waals surface area (Å²) in [5.41, 5.74) is 2.37. The van der Waals surface area contributed by atoms with Crippen LogP contribution in [0.3, 0.4) is 0 Å². The lowest BCUT2D eigenvalue weighted by Gasteiger charge is -2.30. The van der Waals surface area contributed by atoms with E-state index in [1.165, 1.54) is 18.2 Å². The van der Waals surface area contributed by atoms with Crippen molar-refractivity contribution in [2.24, 2.45) is 0 Å². The van der Waals surface area contributed by atoms with Crippen molar-refractivity contribution in [2.75, 3.05) is 11.4 Å². The first-order valence-corrected chi connectivity index (χ1v) is 8.00. The van der Waals surface area contributed by atoms with Gasteiger partial charge in [-0.3, -0.25) is 9.48 Å². The fourth-order valence-corrected chi connectivity index (χ4v) is 2.96. The van der Waals surface area contributed by atoms with Crippen molar-refractivity contribution in [3.63, 3.8) is 0 Å². The smallest absolute Gasteiger partial charge is 0.406 e. The molecule has 2 aromatic rings. The Kier molecular flexibility index (Phi) is 4.69. The number of alkyl halides is 3. The summed E-state index contributed by atoms with van der Waals surface area (Å²) in [6, 6.07) is 4.12. The number of rotatable bonds is 4. The van der Waals surface area contributed by atoms with Gasteiger partial charge in [-0.05, 0) is 49.1 Å². The minimum Gasteiger partial charge on any atom is -0.406 e. The van der Waals surface area contributed by atoms with Gasteiger partial charge < -0.3 is 9.64 Å². The molecule has 0 spiro atoms. The molecule has 25 heavy (non-hydrogen) atoms. The molecule has 3 rings (SSSR count). The average Bonchev–Trinajstić information content (AvgIpc) is 2.96. The second-order valence-electron chi connectivity index (χ2n) is 6.02. The van der Waals surface area contributed by atoms with Crippen LogP contribution in [0, 0.1) is 6.92 Å². The average molecular weight is 353 g/mol. The van der Waals surface area contributed by atoms with E-state index in [0.717, 1.165) is 5.56 Å². The lowest BCUT2D eigenvalue weighted by atomic mass is 10.0. The molecular weight excluding hydrogens is 335 g/mol. The maximum absolute atomic E-state index is 12.5. The Morgan fingerprint density at radius 2 is 2.16 bits per heavy atom. The van der Waals surface area contributed by atoms with Crippen LogP contribution in [-0.4, -0.2) is 28.6 Å². The number of ether oxygens (including phenoxy) is 1. The molecule has 1 aliphatic rings. The molecule has 0 atom stereocenters. The van der Waals surface area contributed by atoms with Crippen LogP contribution in [0.5, 0.6) is 5.75 Å². The summed E-state index contributed by atoms with van der Waals surface area (Å²) in [7, 11) is 0. The molecule has 0 unspecified atom stereocenters. The monoisotopic (exact) mass is 353 g/mol. The molecular formula is C17H18F3N3O2. The summed E-state index contributed by atoms with van der Waals surface area (Å²) in [4.78, 5) is 14.2. The number of benzene rings is 1. The van der Waals surface area contributed by atoms with Crippen LogP contribution in [0.2, 0.25) is 0 Å². The molecule has 2 heterocycles. The second kappa shape index (κ2) is 6.78. The molecule has 0 radical (unpaired) electrons. The predicted octanol–water partition coefficient (Wildman–Crippen LogP) is 3.46. The fraction of sp³-hybridized carbons (Fsp3) is 0.412. The summed E-state index contributed by atoms with van der Waals surface area (Å²) in [6.45, 7) is 2.95. The number of hydrogen-bond acceptors (Lipinski definition) is 3. The van der Waals surface area contributed by atoms with Gasteiger partial charge in [-0.2, -0.15) is 5.10 Å². The molecule has 1 aromatic carbocycles. The predicted molar refractivity (Wildman–Crippen MR) is 85.4 cm³/mol. The van der Waals surface area contributed by atoms with Crippen LogP contribution in [0.15, 0.2) is 30.6 Å². The SMILES string of the molecule is Cc1cnn(CCC(=O)N2CCCc3cc(OC(F)(F)F)ccc32)c1. The Balaban J connectivity index is 1.71. The van der Waals surface area contributed by atoms with Crippen LogP contribution in [0.1, 0.15) is 24.0 Å². The van der Waals surface area contributed by atoms with E-state index in [9.17, 15) is 18.0 Å². The van der Waals surface area contributed by atoms with Crippen LogP contribution in [-0.2, 0) is 17.8 Å². The van der Waals surface area contributed by atoms with Gasteiger partial charge in [-0.1, -0.05) is 0 Å². The van der Waals surface area contributed by atoms with E-state index in [1.807, 2.05) is 13.1 Å². The molecule has 0 bridgehead atoms. The molecule has 0 N–H and O–H groups in total. The molecule has 1 amide bonds. The minimum absolute atomic E-state index is 0.0707. The largest absolute Gasteiger partial charge is 0.573 e. The van der Waals surface area contributed by atoms with Crippen molar-refractivity contribution in [3.8, 4) is 5.75 Å². The molecule has 0 saturated carbocycles. The number of carbonyl (C=O) groups excluding carboxylic acids is 1. The van der Waals surface area contributed by atoms with E-state index in [4.69, 9.17) is 0 Å². The number of hydrogen-bond donors (Lipinski definition) is 0. The molecule has 1 aromatic heterocycles. The van der Waals surface area contributed by atoms with Gasteiger partial charge >= 0.3 is 6.36 Å². The Labute approximate surface area is 143 Å². The van der Waals surface area contributed by atoms with Crippen molar-refractivity contribution < 1.29 is 22.7 Å². The Morgan fingerprint density at radius 1 is 1.36 bits per heavy atom. The van der Waals surface area contributed by atoms with Gasteiger partial charge in [0, 0.05) is 31.4 Å². The zero-order valence-electron chi connectivity index (χ0n) is 13.7. The first-order valence-electron chi connectivity index (χ1n) is 8.00. The molecule has 8 heteroatoms. The van der Waals surface area contributed by atoms with E-state index in [-0.39, 0.29) is 18.1 Å². The van der Waals surface area contributed by atoms with Crippen LogP contribution >= 0.6 is 0 Å². The molecule has 0 fully saturated rings. The van der Waals surface area contributed by atoms with Crippen molar-refractivity contribution in [1.29, 1.82) is 0 Å². The van der Waals surface area contributed by atoms with Crippen molar-refractivity contribution in [1.82, 2.24) is 9.78 Å². The number of nitrogens with zero attached hydrogens (tertiary/aromatic N) is 3. The summed E-state index contributed by atoms with van der Waals surface area (Å²) in [5, 5.41) is 4.15. The van der Waals surface area contributed by atoms with Gasteiger partial charge in [0.15, 0.2) is 0 Å². The van der Waals surface area contributed by atoms with Gasteiger partial charge in [-0.25, -0.2) is 0 Å². The summed E-state index contributed by atoms with van der Waals surface area (Å²) in [5.74, 6) is -0.328. The van der Waals surface area contributed by atoms with E-state index in [0.29, 0.717) is 37.2 Å². The zero-order chi connectivity index (χ0) is 18.0. The molecule has 5 nitrogen and oxygen atoms in total. The number of amides is 1. The standard InChI is InChI=1S/C17H18F3N3O2/c1-12-10-21-22(11-12)8-6-16(24)23-7-2-3-13-9-14(4-5-15(13)23)25-17(18,19)20/h4-5,9-11H,2-3,6-8H2,1H3. The van der Waals surface area contributed by atoms with Gasteiger partial charge in [0.2, 0.25) is 5.91 Å². The van der Waals surface area contributed by atoms with Crippen molar-refractivity contribution >= 4 is 11.6 Å². The number of halogens is 3. The Morgan fingerprint density at radius 3 is 2.84 bits per heavy atom. The van der Waals surface area contributed by atoms with E-state index >= 15 is 0 Å². The topological polar surface area (TPSA) is 47.4 Å². The number of aromatic nitrogens is 2. The highest BCUT2D eigenvalue weighted by Gasteiger charge is 2.32. The van der Waals surface area contributed by atoms with Crippen LogP contribution in [0.4, 0.5) is 18.9 Å². The highest BCUT2D eigenvalue weighted by molar-refractivity contribution is 5.94. The highest BCUT2D eigenvalue weighted by Crippen LogP contribution is 2.33. The summed E-state index contributed by atoms with van der Waals surface area (Å²) >= 11 is 0. The van der Waals surface area contributed by atoms with E-state index < -0.39 is 6.36 Å². The third-order valence-corrected chi connectivity index (χ3v) is 4.02. The normalized spacial score (nSPS) is 14.3. The Hall–Kier alpha value is -2.51. The summed E-state index contributed by atoms with van der Waals surface area (Å²) < 4.78 is 42.7. The van der Waals surface area contributed by atoms with Gasteiger partial charge in [0.25, 0.3) is 0 Å². The molecule has 0 aliphatic carbocycles. The summed E-state index contributed by atoms with van der Waals surface area (Å²) in [6.07, 6.45) is 0.463. The van der Waals surface area contributed by atoms with Crippen LogP contribution in [0.25, 0.3) is 0 Å². The van der Waals surface area contributed by atoms with E-state index in [2.05, 4.69) is 9.84 Å². The zero-order valence-corrected chi connectivity index (χ0v) is 13.7. The maximum Gasteiger partial charge on any atom is 0.573 e. The first-order chi connectivity index (χ1) is 11.8. The first kappa shape index (κ1) is 17.3. The third kappa shape index (κ3) is 4.32. The lowest BCUT2D eigenvalue weighted by molar-refractivity contribution is -0.274. The maximum atomic E-state index is 12.5. The fourth-order valence-electron chi connectivity index (χ4n) is 2.96. The van der Waals surface area contributed by atoms with Gasteiger partial charge in [-0.15, -0.1) is 13.2 Å². The third-order valence-electron chi connectivity index (χ3n) is 4.02. The Bertz CT molecular complexity index is 771. The molecule has 0 saturated heterocycles. The highest BCUT2D eigenvalue weighted by atomic mass is 19.4. The number of carbonyl (C=O) groups is 1. The molecule has 1 aliphatic heterocycles. The minimum atomic E-state index is -4.72. The van der Waals surface area contributed by atoms with Crippen molar-refractivity contribution in [2.45, 2.75) is 39.1 Å². The van der Waals surface area contributed by atoms with Crippen molar-refractivity contribution in [3.05, 3.63) is 41.7 Å². The van der Waals surface area contributed by atoms with E-state index in [1.54, 1.807) is 15.8 Å². The van der Waals surface area contributed by atoms with Crippen LogP contribution < -0.4 is 9.64 Å². The van der Waals surface area contributed by atoms with Gasteiger partial charge in [0.1, 0.15) is 5.75 Å². The number of fused-ring (bicyclic) bond motifs is 1. The quantitative estimate of drug-likeness (QED) is 0.846. The lowest BCUT2D eigenvalue weighted by Crippen LogP contribution is -2.36. The van der Waals surface area contributed by atoms with Gasteiger partial charge in [0.05, 0.1) is 6.20 Å². The number of anilines is 1.